The van der Waals surface area contributed by atoms with Crippen LogP contribution in [-0.2, 0) is 6.54 Å². The molecule has 0 saturated carbocycles. The van der Waals surface area contributed by atoms with Gasteiger partial charge in [0.1, 0.15) is 11.8 Å². The number of fused-ring (bicyclic) bond motifs is 2. The molecule has 0 fully saturated rings. The van der Waals surface area contributed by atoms with Crippen LogP contribution in [0, 0.1) is 11.3 Å². The Morgan fingerprint density at radius 3 is 2.71 bits per heavy atom. The molecule has 6 heteroatoms. The SMILES string of the molecule is N#Cc1cc(C(=O)NN=Cc2cccc3c2ccn3Cc2cccc3ccccc23)ccc1O. The Bertz CT molecular complexity index is 1600. The quantitative estimate of drug-likeness (QED) is 0.289. The first-order valence-corrected chi connectivity index (χ1v) is 10.7. The predicted octanol–water partition coefficient (Wildman–Crippen LogP) is 5.18. The molecule has 1 aromatic heterocycles. The number of phenolic OH excluding ortho intramolecular Hbond substituents is 1. The van der Waals surface area contributed by atoms with E-state index in [0.717, 1.165) is 23.0 Å². The van der Waals surface area contributed by atoms with Crippen molar-refractivity contribution in [2.45, 2.75) is 6.54 Å². The Morgan fingerprint density at radius 2 is 1.82 bits per heavy atom. The number of carbonyl (C=O) groups is 1. The van der Waals surface area contributed by atoms with Crippen LogP contribution in [0.1, 0.15) is 27.0 Å². The summed E-state index contributed by atoms with van der Waals surface area (Å²) in [5, 5.41) is 26.2. The van der Waals surface area contributed by atoms with Crippen LogP contribution in [0.3, 0.4) is 0 Å². The minimum absolute atomic E-state index is 0.0360. The minimum Gasteiger partial charge on any atom is -0.507 e. The Kier molecular flexibility index (Phi) is 5.51. The van der Waals surface area contributed by atoms with Crippen molar-refractivity contribution < 1.29 is 9.90 Å². The van der Waals surface area contributed by atoms with E-state index >= 15 is 0 Å². The summed E-state index contributed by atoms with van der Waals surface area (Å²) in [6.45, 7) is 0.740. The molecule has 0 aliphatic carbocycles. The third-order valence-electron chi connectivity index (χ3n) is 5.82. The molecule has 2 N–H and O–H groups in total. The molecular formula is C28H20N4O2. The molecule has 1 amide bonds. The van der Waals surface area contributed by atoms with Gasteiger partial charge in [-0.2, -0.15) is 10.4 Å². The lowest BCUT2D eigenvalue weighted by Crippen LogP contribution is -2.17. The van der Waals surface area contributed by atoms with Crippen LogP contribution >= 0.6 is 0 Å². The lowest BCUT2D eigenvalue weighted by atomic mass is 10.0. The molecule has 0 aliphatic heterocycles. The van der Waals surface area contributed by atoms with Gasteiger partial charge < -0.3 is 9.67 Å². The average molecular weight is 444 g/mol. The first kappa shape index (κ1) is 21.0. The van der Waals surface area contributed by atoms with E-state index in [4.69, 9.17) is 5.26 Å². The number of benzene rings is 4. The highest BCUT2D eigenvalue weighted by Gasteiger charge is 2.09. The number of rotatable bonds is 5. The van der Waals surface area contributed by atoms with Gasteiger partial charge in [-0.3, -0.25) is 4.79 Å². The summed E-state index contributed by atoms with van der Waals surface area (Å²) in [6.07, 6.45) is 3.66. The van der Waals surface area contributed by atoms with Gasteiger partial charge in [-0.05, 0) is 46.7 Å². The van der Waals surface area contributed by atoms with Crippen molar-refractivity contribution in [3.05, 3.63) is 113 Å². The summed E-state index contributed by atoms with van der Waals surface area (Å²) < 4.78 is 2.20. The fourth-order valence-electron chi connectivity index (χ4n) is 4.10. The van der Waals surface area contributed by atoms with Crippen LogP contribution in [-0.4, -0.2) is 21.8 Å². The normalized spacial score (nSPS) is 11.1. The summed E-state index contributed by atoms with van der Waals surface area (Å²) >= 11 is 0. The summed E-state index contributed by atoms with van der Waals surface area (Å²) in [5.41, 5.74) is 5.95. The van der Waals surface area contributed by atoms with Gasteiger partial charge in [0.05, 0.1) is 11.8 Å². The highest BCUT2D eigenvalue weighted by atomic mass is 16.3. The number of carbonyl (C=O) groups excluding carboxylic acids is 1. The molecule has 0 bridgehead atoms. The molecule has 34 heavy (non-hydrogen) atoms. The maximum absolute atomic E-state index is 12.4. The van der Waals surface area contributed by atoms with Crippen LogP contribution in [0.4, 0.5) is 0 Å². The molecule has 6 nitrogen and oxygen atoms in total. The van der Waals surface area contributed by atoms with Crippen molar-refractivity contribution in [1.82, 2.24) is 9.99 Å². The van der Waals surface area contributed by atoms with Gasteiger partial charge in [0.25, 0.3) is 5.91 Å². The Morgan fingerprint density at radius 1 is 1.00 bits per heavy atom. The number of hydrogen-bond acceptors (Lipinski definition) is 4. The topological polar surface area (TPSA) is 90.4 Å². The van der Waals surface area contributed by atoms with Crippen molar-refractivity contribution in [2.75, 3.05) is 0 Å². The van der Waals surface area contributed by atoms with E-state index < -0.39 is 5.91 Å². The zero-order valence-corrected chi connectivity index (χ0v) is 18.1. The summed E-state index contributed by atoms with van der Waals surface area (Å²) in [4.78, 5) is 12.4. The smallest absolute Gasteiger partial charge is 0.271 e. The van der Waals surface area contributed by atoms with E-state index in [9.17, 15) is 9.90 Å². The minimum atomic E-state index is -0.464. The number of hydrogen-bond donors (Lipinski definition) is 2. The van der Waals surface area contributed by atoms with E-state index in [1.54, 1.807) is 6.21 Å². The number of nitrogens with one attached hydrogen (secondary N) is 1. The van der Waals surface area contributed by atoms with E-state index in [2.05, 4.69) is 63.8 Å². The van der Waals surface area contributed by atoms with E-state index in [0.29, 0.717) is 0 Å². The van der Waals surface area contributed by atoms with E-state index in [-0.39, 0.29) is 16.9 Å². The van der Waals surface area contributed by atoms with Gasteiger partial charge in [-0.15, -0.1) is 0 Å². The predicted molar refractivity (Wildman–Crippen MR) is 133 cm³/mol. The maximum Gasteiger partial charge on any atom is 0.271 e. The molecule has 0 saturated heterocycles. The Labute approximate surface area is 196 Å². The lowest BCUT2D eigenvalue weighted by Gasteiger charge is -2.09. The van der Waals surface area contributed by atoms with Crippen molar-refractivity contribution in [1.29, 1.82) is 5.26 Å². The van der Waals surface area contributed by atoms with Crippen molar-refractivity contribution in [3.8, 4) is 11.8 Å². The molecule has 0 unspecified atom stereocenters. The summed E-state index contributed by atoms with van der Waals surface area (Å²) in [6, 6.07) is 28.7. The second kappa shape index (κ2) is 8.93. The summed E-state index contributed by atoms with van der Waals surface area (Å²) in [7, 11) is 0. The van der Waals surface area contributed by atoms with Crippen LogP contribution in [0.15, 0.2) is 96.2 Å². The first-order chi connectivity index (χ1) is 16.6. The number of hydrazone groups is 1. The molecular weight excluding hydrogens is 424 g/mol. The van der Waals surface area contributed by atoms with Gasteiger partial charge in [-0.25, -0.2) is 5.43 Å². The van der Waals surface area contributed by atoms with Gasteiger partial charge in [0, 0.05) is 34.8 Å². The number of phenols is 1. The zero-order valence-electron chi connectivity index (χ0n) is 18.1. The van der Waals surface area contributed by atoms with Crippen molar-refractivity contribution >= 4 is 33.8 Å². The van der Waals surface area contributed by atoms with Gasteiger partial charge in [0.15, 0.2) is 0 Å². The molecule has 0 radical (unpaired) electrons. The van der Waals surface area contributed by atoms with Gasteiger partial charge >= 0.3 is 0 Å². The molecule has 0 aliphatic rings. The number of amides is 1. The van der Waals surface area contributed by atoms with Crippen LogP contribution in [0.5, 0.6) is 5.75 Å². The number of nitriles is 1. The number of nitrogens with zero attached hydrogens (tertiary/aromatic N) is 3. The maximum atomic E-state index is 12.4. The first-order valence-electron chi connectivity index (χ1n) is 10.7. The molecule has 5 aromatic rings. The third-order valence-corrected chi connectivity index (χ3v) is 5.82. The fourth-order valence-corrected chi connectivity index (χ4v) is 4.10. The number of aromatic nitrogens is 1. The Hall–Kier alpha value is -4.89. The zero-order chi connectivity index (χ0) is 23.5. The largest absolute Gasteiger partial charge is 0.507 e. The average Bonchev–Trinajstić information content (AvgIpc) is 3.28. The van der Waals surface area contributed by atoms with Crippen LogP contribution in [0.2, 0.25) is 0 Å². The highest BCUT2D eigenvalue weighted by molar-refractivity contribution is 6.00. The Balaban J connectivity index is 1.38. The number of aromatic hydroxyl groups is 1. The van der Waals surface area contributed by atoms with E-state index in [1.165, 1.54) is 34.5 Å². The lowest BCUT2D eigenvalue weighted by molar-refractivity contribution is 0.0955. The molecule has 4 aromatic carbocycles. The second-order valence-corrected chi connectivity index (χ2v) is 7.90. The van der Waals surface area contributed by atoms with Crippen molar-refractivity contribution in [3.63, 3.8) is 0 Å². The van der Waals surface area contributed by atoms with Gasteiger partial charge in [0.2, 0.25) is 0 Å². The molecule has 0 spiro atoms. The van der Waals surface area contributed by atoms with Gasteiger partial charge in [-0.1, -0.05) is 54.6 Å². The monoisotopic (exact) mass is 444 g/mol. The van der Waals surface area contributed by atoms with Crippen molar-refractivity contribution in [2.24, 2.45) is 5.10 Å². The molecule has 0 atom stereocenters. The molecule has 164 valence electrons. The summed E-state index contributed by atoms with van der Waals surface area (Å²) in [5.74, 6) is -0.629. The fraction of sp³-hybridized carbons (Fsp3) is 0.0357. The van der Waals surface area contributed by atoms with E-state index in [1.807, 2.05) is 30.3 Å². The van der Waals surface area contributed by atoms with Crippen LogP contribution < -0.4 is 5.43 Å². The van der Waals surface area contributed by atoms with Crippen LogP contribution in [0.25, 0.3) is 21.7 Å². The standard InChI is InChI=1S/C28H20N4O2/c29-16-23-15-20(11-12-27(23)33)28(34)31-30-17-21-7-4-10-26-25(21)13-14-32(26)18-22-8-3-6-19-5-1-2-9-24(19)22/h1-15,17,33H,18H2,(H,31,34). The molecule has 5 rings (SSSR count). The molecule has 1 heterocycles. The highest BCUT2D eigenvalue weighted by Crippen LogP contribution is 2.24. The second-order valence-electron chi connectivity index (χ2n) is 7.90. The third kappa shape index (κ3) is 3.98.